The normalized spacial score (nSPS) is 14.3. The van der Waals surface area contributed by atoms with Crippen molar-refractivity contribution >= 4 is 5.91 Å². The van der Waals surface area contributed by atoms with Crippen molar-refractivity contribution in [1.82, 2.24) is 14.9 Å². The minimum atomic E-state index is -0.367. The third kappa shape index (κ3) is 4.36. The molecule has 3 rings (SSSR count). The van der Waals surface area contributed by atoms with Crippen LogP contribution in [0.25, 0.3) is 11.3 Å². The molecule has 0 bridgehead atoms. The van der Waals surface area contributed by atoms with E-state index in [9.17, 15) is 9.18 Å². The van der Waals surface area contributed by atoms with Crippen molar-refractivity contribution in [2.24, 2.45) is 0 Å². The Morgan fingerprint density at radius 3 is 2.81 bits per heavy atom. The van der Waals surface area contributed by atoms with E-state index in [0.29, 0.717) is 29.3 Å². The molecule has 0 atom stereocenters. The van der Waals surface area contributed by atoms with E-state index in [2.05, 4.69) is 16.9 Å². The van der Waals surface area contributed by atoms with Crippen LogP contribution in [-0.2, 0) is 0 Å². The van der Waals surface area contributed by atoms with Crippen LogP contribution in [0.5, 0.6) is 5.75 Å². The average Bonchev–Trinajstić information content (AvgIpc) is 2.68. The summed E-state index contributed by atoms with van der Waals surface area (Å²) in [4.78, 5) is 23.1. The largest absolute Gasteiger partial charge is 0.493 e. The van der Waals surface area contributed by atoms with Gasteiger partial charge in [-0.05, 0) is 37.8 Å². The van der Waals surface area contributed by atoms with Gasteiger partial charge in [-0.2, -0.15) is 0 Å². The first-order valence-electron chi connectivity index (χ1n) is 9.23. The number of hydrogen-bond acceptors (Lipinski definition) is 4. The summed E-state index contributed by atoms with van der Waals surface area (Å²) in [6.45, 7) is 4.09. The molecule has 5 nitrogen and oxygen atoms in total. The zero-order chi connectivity index (χ0) is 18.4. The van der Waals surface area contributed by atoms with E-state index < -0.39 is 0 Å². The highest BCUT2D eigenvalue weighted by molar-refractivity contribution is 5.92. The Bertz CT molecular complexity index is 760. The number of carbonyl (C=O) groups excluding carboxylic acids is 1. The van der Waals surface area contributed by atoms with Crippen LogP contribution < -0.4 is 4.74 Å². The third-order valence-corrected chi connectivity index (χ3v) is 4.47. The zero-order valence-corrected chi connectivity index (χ0v) is 15.1. The molecule has 0 saturated carbocycles. The van der Waals surface area contributed by atoms with Gasteiger partial charge in [-0.15, -0.1) is 0 Å². The first kappa shape index (κ1) is 18.3. The third-order valence-electron chi connectivity index (χ3n) is 4.47. The highest BCUT2D eigenvalue weighted by Gasteiger charge is 2.20. The van der Waals surface area contributed by atoms with E-state index >= 15 is 0 Å². The van der Waals surface area contributed by atoms with Crippen LogP contribution in [0.15, 0.2) is 30.6 Å². The number of hydrogen-bond donors (Lipinski definition) is 0. The lowest BCUT2D eigenvalue weighted by Crippen LogP contribution is -2.36. The Kier molecular flexibility index (Phi) is 6.15. The van der Waals surface area contributed by atoms with Crippen LogP contribution in [0.3, 0.4) is 0 Å². The number of ether oxygens (including phenoxy) is 1. The van der Waals surface area contributed by atoms with Gasteiger partial charge in [0.25, 0.3) is 5.91 Å². The lowest BCUT2D eigenvalue weighted by Gasteiger charge is -2.26. The highest BCUT2D eigenvalue weighted by atomic mass is 19.1. The van der Waals surface area contributed by atoms with Crippen molar-refractivity contribution < 1.29 is 13.9 Å². The minimum Gasteiger partial charge on any atom is -0.493 e. The fraction of sp³-hybridized carbons (Fsp3) is 0.450. The van der Waals surface area contributed by atoms with E-state index in [1.165, 1.54) is 18.3 Å². The Morgan fingerprint density at radius 1 is 1.23 bits per heavy atom. The van der Waals surface area contributed by atoms with Crippen LogP contribution >= 0.6 is 0 Å². The number of piperidine rings is 1. The Labute approximate surface area is 153 Å². The van der Waals surface area contributed by atoms with E-state index in [1.807, 2.05) is 4.90 Å². The van der Waals surface area contributed by atoms with Crippen LogP contribution in [0.1, 0.15) is 49.5 Å². The smallest absolute Gasteiger partial charge is 0.274 e. The molecule has 26 heavy (non-hydrogen) atoms. The van der Waals surface area contributed by atoms with Gasteiger partial charge in [0.15, 0.2) is 0 Å². The summed E-state index contributed by atoms with van der Waals surface area (Å²) in [6.07, 6.45) is 8.13. The van der Waals surface area contributed by atoms with Gasteiger partial charge in [0, 0.05) is 24.7 Å². The molecule has 6 heteroatoms. The van der Waals surface area contributed by atoms with Crippen molar-refractivity contribution in [2.75, 3.05) is 19.7 Å². The molecule has 1 aromatic carbocycles. The summed E-state index contributed by atoms with van der Waals surface area (Å²) in [5.41, 5.74) is 1.47. The number of rotatable bonds is 6. The molecule has 1 saturated heterocycles. The van der Waals surface area contributed by atoms with Gasteiger partial charge in [-0.25, -0.2) is 9.37 Å². The first-order valence-corrected chi connectivity index (χ1v) is 9.23. The number of nitrogens with zero attached hydrogens (tertiary/aromatic N) is 3. The van der Waals surface area contributed by atoms with Gasteiger partial charge < -0.3 is 9.64 Å². The molecule has 0 spiro atoms. The maximum atomic E-state index is 13.6. The Morgan fingerprint density at radius 2 is 2.04 bits per heavy atom. The number of unbranched alkanes of at least 4 members (excludes halogenated alkanes) is 1. The maximum absolute atomic E-state index is 13.6. The lowest BCUT2D eigenvalue weighted by molar-refractivity contribution is 0.0718. The molecule has 0 radical (unpaired) electrons. The fourth-order valence-electron chi connectivity index (χ4n) is 3.01. The van der Waals surface area contributed by atoms with Gasteiger partial charge in [0.2, 0.25) is 0 Å². The summed E-state index contributed by atoms with van der Waals surface area (Å²) >= 11 is 0. The molecule has 0 unspecified atom stereocenters. The monoisotopic (exact) mass is 357 g/mol. The quantitative estimate of drug-likeness (QED) is 0.731. The Hall–Kier alpha value is -2.50. The van der Waals surface area contributed by atoms with E-state index in [-0.39, 0.29) is 11.7 Å². The lowest BCUT2D eigenvalue weighted by atomic mass is 10.1. The maximum Gasteiger partial charge on any atom is 0.274 e. The molecule has 2 heterocycles. The summed E-state index contributed by atoms with van der Waals surface area (Å²) in [5.74, 6) is -0.0429. The highest BCUT2D eigenvalue weighted by Crippen LogP contribution is 2.29. The van der Waals surface area contributed by atoms with Crippen LogP contribution in [0, 0.1) is 5.82 Å². The molecular formula is C20H24FN3O2. The van der Waals surface area contributed by atoms with Crippen LogP contribution in [-0.4, -0.2) is 40.5 Å². The first-order chi connectivity index (χ1) is 12.7. The number of amides is 1. The predicted molar refractivity (Wildman–Crippen MR) is 97.6 cm³/mol. The molecule has 1 aliphatic heterocycles. The van der Waals surface area contributed by atoms with Gasteiger partial charge in [0.1, 0.15) is 17.3 Å². The summed E-state index contributed by atoms with van der Waals surface area (Å²) < 4.78 is 19.4. The molecule has 0 aliphatic carbocycles. The number of carbonyl (C=O) groups is 1. The predicted octanol–water partition coefficient (Wildman–Crippen LogP) is 4.09. The average molecular weight is 357 g/mol. The van der Waals surface area contributed by atoms with Crippen LogP contribution in [0.4, 0.5) is 4.39 Å². The summed E-state index contributed by atoms with van der Waals surface area (Å²) in [6, 6.07) is 4.34. The SMILES string of the molecule is CCCCOc1cc(F)ccc1-c1cncc(C(=O)N2CCCCC2)n1. The fourth-order valence-corrected chi connectivity index (χ4v) is 3.01. The van der Waals surface area contributed by atoms with Gasteiger partial charge in [-0.3, -0.25) is 9.78 Å². The second-order valence-corrected chi connectivity index (χ2v) is 6.48. The van der Waals surface area contributed by atoms with Gasteiger partial charge in [0.05, 0.1) is 24.7 Å². The van der Waals surface area contributed by atoms with E-state index in [1.54, 1.807) is 12.3 Å². The minimum absolute atomic E-state index is 0.102. The number of likely N-dealkylation sites (tertiary alicyclic amines) is 1. The van der Waals surface area contributed by atoms with Crippen molar-refractivity contribution in [1.29, 1.82) is 0 Å². The number of benzene rings is 1. The van der Waals surface area contributed by atoms with Crippen LogP contribution in [0.2, 0.25) is 0 Å². The zero-order valence-electron chi connectivity index (χ0n) is 15.1. The number of aromatic nitrogens is 2. The summed E-state index contributed by atoms with van der Waals surface area (Å²) in [5, 5.41) is 0. The topological polar surface area (TPSA) is 55.3 Å². The molecule has 138 valence electrons. The molecule has 0 N–H and O–H groups in total. The molecule has 1 fully saturated rings. The van der Waals surface area contributed by atoms with Gasteiger partial charge in [-0.1, -0.05) is 13.3 Å². The molecule has 2 aromatic rings. The Balaban J connectivity index is 1.86. The second-order valence-electron chi connectivity index (χ2n) is 6.48. The van der Waals surface area contributed by atoms with E-state index in [4.69, 9.17) is 4.74 Å². The molecular weight excluding hydrogens is 333 g/mol. The van der Waals surface area contributed by atoms with E-state index in [0.717, 1.165) is 45.2 Å². The summed E-state index contributed by atoms with van der Waals surface area (Å²) in [7, 11) is 0. The standard InChI is InChI=1S/C20H24FN3O2/c1-2-3-11-26-19-12-15(21)7-8-16(19)17-13-22-14-18(23-17)20(25)24-9-5-4-6-10-24/h7-8,12-14H,2-6,9-11H2,1H3. The van der Waals surface area contributed by atoms with Crippen molar-refractivity contribution in [3.05, 3.63) is 42.1 Å². The second kappa shape index (κ2) is 8.74. The van der Waals surface area contributed by atoms with Crippen molar-refractivity contribution in [3.63, 3.8) is 0 Å². The van der Waals surface area contributed by atoms with Crippen molar-refractivity contribution in [3.8, 4) is 17.0 Å². The molecule has 1 aliphatic rings. The van der Waals surface area contributed by atoms with Crippen molar-refractivity contribution in [2.45, 2.75) is 39.0 Å². The number of halogens is 1. The molecule has 1 amide bonds. The molecule has 1 aromatic heterocycles. The van der Waals surface area contributed by atoms with Gasteiger partial charge >= 0.3 is 0 Å².